The smallest absolute Gasteiger partial charge is 0.129 e. The predicted molar refractivity (Wildman–Crippen MR) is 49.3 cm³/mol. The summed E-state index contributed by atoms with van der Waals surface area (Å²) in [5.74, 6) is 1.28. The van der Waals surface area contributed by atoms with Gasteiger partial charge in [0.05, 0.1) is 6.10 Å². The molecule has 70 valence electrons. The van der Waals surface area contributed by atoms with Crippen molar-refractivity contribution in [2.24, 2.45) is 5.92 Å². The Hall–Kier alpha value is -1.16. The van der Waals surface area contributed by atoms with Crippen molar-refractivity contribution in [2.45, 2.75) is 18.9 Å². The van der Waals surface area contributed by atoms with E-state index < -0.39 is 0 Å². The van der Waals surface area contributed by atoms with E-state index in [1.165, 1.54) is 6.33 Å². The quantitative estimate of drug-likeness (QED) is 0.713. The molecule has 0 bridgehead atoms. The molecule has 4 nitrogen and oxygen atoms in total. The Morgan fingerprint density at radius 2 is 2.46 bits per heavy atom. The molecule has 0 saturated heterocycles. The second kappa shape index (κ2) is 3.70. The second-order valence-electron chi connectivity index (χ2n) is 3.38. The van der Waals surface area contributed by atoms with Crippen LogP contribution in [-0.2, 0) is 0 Å². The molecule has 1 aromatic heterocycles. The Morgan fingerprint density at radius 3 is 3.08 bits per heavy atom. The molecule has 0 aliphatic heterocycles. The first kappa shape index (κ1) is 8.44. The Morgan fingerprint density at radius 1 is 1.62 bits per heavy atom. The highest BCUT2D eigenvalue weighted by Gasteiger charge is 2.29. The topological polar surface area (TPSA) is 58.0 Å². The van der Waals surface area contributed by atoms with Crippen molar-refractivity contribution in [3.05, 3.63) is 18.6 Å². The van der Waals surface area contributed by atoms with Gasteiger partial charge in [0.25, 0.3) is 0 Å². The zero-order valence-corrected chi connectivity index (χ0v) is 7.35. The number of hydrogen-bond acceptors (Lipinski definition) is 4. The Kier molecular flexibility index (Phi) is 2.40. The minimum absolute atomic E-state index is 0.227. The zero-order valence-electron chi connectivity index (χ0n) is 7.35. The van der Waals surface area contributed by atoms with Crippen LogP contribution in [-0.4, -0.2) is 27.7 Å². The molecule has 4 heteroatoms. The normalized spacial score (nSPS) is 18.2. The largest absolute Gasteiger partial charge is 0.391 e. The highest BCUT2D eigenvalue weighted by Crippen LogP contribution is 2.32. The molecular weight excluding hydrogens is 166 g/mol. The summed E-state index contributed by atoms with van der Waals surface area (Å²) in [6.45, 7) is 0.585. The Bertz CT molecular complexity index is 261. The molecule has 0 radical (unpaired) electrons. The average Bonchev–Trinajstić information content (AvgIpc) is 2.99. The molecule has 1 aliphatic carbocycles. The fraction of sp³-hybridized carbons (Fsp3) is 0.556. The number of aliphatic hydroxyl groups is 1. The van der Waals surface area contributed by atoms with Crippen LogP contribution >= 0.6 is 0 Å². The van der Waals surface area contributed by atoms with Crippen LogP contribution in [0.4, 0.5) is 5.82 Å². The van der Waals surface area contributed by atoms with E-state index in [4.69, 9.17) is 0 Å². The van der Waals surface area contributed by atoms with Gasteiger partial charge in [-0.25, -0.2) is 9.97 Å². The van der Waals surface area contributed by atoms with Gasteiger partial charge in [-0.2, -0.15) is 0 Å². The molecule has 0 spiro atoms. The van der Waals surface area contributed by atoms with E-state index in [1.54, 1.807) is 12.3 Å². The van der Waals surface area contributed by atoms with Crippen LogP contribution < -0.4 is 5.32 Å². The molecule has 13 heavy (non-hydrogen) atoms. The highest BCUT2D eigenvalue weighted by atomic mass is 16.3. The highest BCUT2D eigenvalue weighted by molar-refractivity contribution is 5.31. The van der Waals surface area contributed by atoms with E-state index in [-0.39, 0.29) is 6.10 Å². The molecule has 1 heterocycles. The minimum atomic E-state index is -0.227. The fourth-order valence-electron chi connectivity index (χ4n) is 1.25. The maximum atomic E-state index is 9.54. The van der Waals surface area contributed by atoms with Crippen molar-refractivity contribution in [2.75, 3.05) is 11.9 Å². The number of hydrogen-bond donors (Lipinski definition) is 2. The van der Waals surface area contributed by atoms with Crippen LogP contribution in [0.25, 0.3) is 0 Å². The van der Waals surface area contributed by atoms with Crippen molar-refractivity contribution < 1.29 is 5.11 Å². The zero-order chi connectivity index (χ0) is 9.10. The maximum Gasteiger partial charge on any atom is 0.129 e. The van der Waals surface area contributed by atoms with Gasteiger partial charge in [0, 0.05) is 12.7 Å². The van der Waals surface area contributed by atoms with Crippen LogP contribution in [0.5, 0.6) is 0 Å². The maximum absolute atomic E-state index is 9.54. The van der Waals surface area contributed by atoms with Gasteiger partial charge in [-0.1, -0.05) is 0 Å². The molecular formula is C9H13N3O. The summed E-state index contributed by atoms with van der Waals surface area (Å²) < 4.78 is 0. The van der Waals surface area contributed by atoms with Crippen molar-refractivity contribution in [1.82, 2.24) is 9.97 Å². The molecule has 1 fully saturated rings. The third kappa shape index (κ3) is 2.39. The minimum Gasteiger partial charge on any atom is -0.391 e. The van der Waals surface area contributed by atoms with Gasteiger partial charge in [0.2, 0.25) is 0 Å². The first-order valence-corrected chi connectivity index (χ1v) is 4.54. The first-order valence-electron chi connectivity index (χ1n) is 4.54. The van der Waals surface area contributed by atoms with Gasteiger partial charge >= 0.3 is 0 Å². The second-order valence-corrected chi connectivity index (χ2v) is 3.38. The van der Waals surface area contributed by atoms with Crippen LogP contribution in [0.3, 0.4) is 0 Å². The van der Waals surface area contributed by atoms with Gasteiger partial charge in [-0.3, -0.25) is 0 Å². The molecule has 1 aromatic rings. The fourth-order valence-corrected chi connectivity index (χ4v) is 1.25. The lowest BCUT2D eigenvalue weighted by molar-refractivity contribution is 0.164. The van der Waals surface area contributed by atoms with E-state index in [9.17, 15) is 5.11 Å². The van der Waals surface area contributed by atoms with Crippen LogP contribution in [0, 0.1) is 5.92 Å². The van der Waals surface area contributed by atoms with E-state index in [0.717, 1.165) is 18.7 Å². The summed E-state index contributed by atoms with van der Waals surface area (Å²) in [6.07, 6.45) is 5.26. The monoisotopic (exact) mass is 179 g/mol. The summed E-state index contributed by atoms with van der Waals surface area (Å²) >= 11 is 0. The number of aromatic nitrogens is 2. The molecule has 1 unspecified atom stereocenters. The first-order chi connectivity index (χ1) is 6.36. The number of nitrogens with one attached hydrogen (secondary N) is 1. The summed E-state index contributed by atoms with van der Waals surface area (Å²) in [6, 6.07) is 1.79. The molecule has 1 saturated carbocycles. The Labute approximate surface area is 77.0 Å². The van der Waals surface area contributed by atoms with Gasteiger partial charge in [0.15, 0.2) is 0 Å². The summed E-state index contributed by atoms with van der Waals surface area (Å²) in [5.41, 5.74) is 0. The number of aliphatic hydroxyl groups excluding tert-OH is 1. The number of rotatable bonds is 4. The lowest BCUT2D eigenvalue weighted by Crippen LogP contribution is -2.21. The van der Waals surface area contributed by atoms with Crippen LogP contribution in [0.15, 0.2) is 18.6 Å². The average molecular weight is 179 g/mol. The van der Waals surface area contributed by atoms with Crippen molar-refractivity contribution >= 4 is 5.82 Å². The predicted octanol–water partition coefficient (Wildman–Crippen LogP) is 0.659. The van der Waals surface area contributed by atoms with E-state index in [0.29, 0.717) is 12.5 Å². The van der Waals surface area contributed by atoms with Gasteiger partial charge in [-0.15, -0.1) is 0 Å². The number of nitrogens with zero attached hydrogens (tertiary/aromatic N) is 2. The third-order valence-corrected chi connectivity index (χ3v) is 2.24. The lowest BCUT2D eigenvalue weighted by Gasteiger charge is -2.10. The molecule has 1 aliphatic rings. The molecule has 1 atom stereocenters. The van der Waals surface area contributed by atoms with E-state index >= 15 is 0 Å². The van der Waals surface area contributed by atoms with Gasteiger partial charge < -0.3 is 10.4 Å². The van der Waals surface area contributed by atoms with E-state index in [1.807, 2.05) is 0 Å². The standard InChI is InChI=1S/C9H13N3O/c13-8(7-1-2-7)5-11-9-3-4-10-6-12-9/h3-4,6-8,13H,1-2,5H2,(H,10,11,12). The third-order valence-electron chi connectivity index (χ3n) is 2.24. The summed E-state index contributed by atoms with van der Waals surface area (Å²) in [7, 11) is 0. The molecule has 0 aromatic carbocycles. The molecule has 2 rings (SSSR count). The summed E-state index contributed by atoms with van der Waals surface area (Å²) in [5, 5.41) is 12.6. The Balaban J connectivity index is 1.78. The van der Waals surface area contributed by atoms with Crippen molar-refractivity contribution in [1.29, 1.82) is 0 Å². The number of anilines is 1. The lowest BCUT2D eigenvalue weighted by atomic mass is 10.2. The van der Waals surface area contributed by atoms with Gasteiger partial charge in [0.1, 0.15) is 12.1 Å². The van der Waals surface area contributed by atoms with Crippen molar-refractivity contribution in [3.63, 3.8) is 0 Å². The SMILES string of the molecule is OC(CNc1ccncn1)C1CC1. The van der Waals surface area contributed by atoms with Crippen LogP contribution in [0.1, 0.15) is 12.8 Å². The van der Waals surface area contributed by atoms with Gasteiger partial charge in [-0.05, 0) is 24.8 Å². The van der Waals surface area contributed by atoms with E-state index in [2.05, 4.69) is 15.3 Å². The molecule has 0 amide bonds. The van der Waals surface area contributed by atoms with Crippen molar-refractivity contribution in [3.8, 4) is 0 Å². The molecule has 2 N–H and O–H groups in total. The van der Waals surface area contributed by atoms with Crippen LogP contribution in [0.2, 0.25) is 0 Å². The summed E-state index contributed by atoms with van der Waals surface area (Å²) in [4.78, 5) is 7.80.